The van der Waals surface area contributed by atoms with E-state index in [1.54, 1.807) is 12.1 Å². The summed E-state index contributed by atoms with van der Waals surface area (Å²) in [5.41, 5.74) is 12.6. The molecule has 1 amide bonds. The van der Waals surface area contributed by atoms with Crippen molar-refractivity contribution < 1.29 is 4.79 Å². The Bertz CT molecular complexity index is 331. The first-order valence-electron chi connectivity index (χ1n) is 4.34. The van der Waals surface area contributed by atoms with Crippen LogP contribution in [0.2, 0.25) is 0 Å². The average molecular weight is 176 g/mol. The Morgan fingerprint density at radius 3 is 2.23 bits per heavy atom. The van der Waals surface area contributed by atoms with Crippen molar-refractivity contribution in [3.05, 3.63) is 35.4 Å². The molecule has 68 valence electrons. The SMILES string of the molecule is NC(=O)c1ccc(C2CC2N)cc1. The Kier molecular flexibility index (Phi) is 1.81. The summed E-state index contributed by atoms with van der Waals surface area (Å²) in [4.78, 5) is 10.8. The molecule has 1 aromatic rings. The number of carbonyl (C=O) groups excluding carboxylic acids is 1. The predicted octanol–water partition coefficient (Wildman–Crippen LogP) is 0.600. The smallest absolute Gasteiger partial charge is 0.248 e. The first kappa shape index (κ1) is 8.26. The highest BCUT2D eigenvalue weighted by atomic mass is 16.1. The number of amides is 1. The van der Waals surface area contributed by atoms with E-state index in [2.05, 4.69) is 0 Å². The van der Waals surface area contributed by atoms with E-state index >= 15 is 0 Å². The molecule has 1 fully saturated rings. The number of hydrogen-bond donors (Lipinski definition) is 2. The van der Waals surface area contributed by atoms with Crippen LogP contribution in [0.25, 0.3) is 0 Å². The van der Waals surface area contributed by atoms with Gasteiger partial charge in [0.15, 0.2) is 0 Å². The van der Waals surface area contributed by atoms with Crippen molar-refractivity contribution in [2.45, 2.75) is 18.4 Å². The zero-order valence-electron chi connectivity index (χ0n) is 7.23. The van der Waals surface area contributed by atoms with E-state index in [1.807, 2.05) is 12.1 Å². The maximum atomic E-state index is 10.8. The van der Waals surface area contributed by atoms with Crippen LogP contribution in [0.3, 0.4) is 0 Å². The molecule has 2 rings (SSSR count). The summed E-state index contributed by atoms with van der Waals surface area (Å²) in [5, 5.41) is 0. The van der Waals surface area contributed by atoms with Gasteiger partial charge in [-0.3, -0.25) is 4.79 Å². The fraction of sp³-hybridized carbons (Fsp3) is 0.300. The molecule has 2 unspecified atom stereocenters. The van der Waals surface area contributed by atoms with Gasteiger partial charge in [-0.25, -0.2) is 0 Å². The lowest BCUT2D eigenvalue weighted by Crippen LogP contribution is -2.10. The second-order valence-corrected chi connectivity index (χ2v) is 3.49. The molecule has 4 N–H and O–H groups in total. The molecular formula is C10H12N2O. The van der Waals surface area contributed by atoms with E-state index < -0.39 is 0 Å². The van der Waals surface area contributed by atoms with Gasteiger partial charge >= 0.3 is 0 Å². The summed E-state index contributed by atoms with van der Waals surface area (Å²) in [7, 11) is 0. The van der Waals surface area contributed by atoms with Crippen LogP contribution >= 0.6 is 0 Å². The first-order chi connectivity index (χ1) is 6.18. The molecule has 0 bridgehead atoms. The lowest BCUT2D eigenvalue weighted by Gasteiger charge is -1.99. The predicted molar refractivity (Wildman–Crippen MR) is 50.3 cm³/mol. The quantitative estimate of drug-likeness (QED) is 0.692. The van der Waals surface area contributed by atoms with Crippen LogP contribution in [0.15, 0.2) is 24.3 Å². The van der Waals surface area contributed by atoms with Crippen LogP contribution in [0, 0.1) is 0 Å². The molecule has 0 aliphatic heterocycles. The number of primary amides is 1. The van der Waals surface area contributed by atoms with Crippen molar-refractivity contribution in [2.24, 2.45) is 11.5 Å². The van der Waals surface area contributed by atoms with Crippen molar-refractivity contribution in [2.75, 3.05) is 0 Å². The molecule has 1 aliphatic rings. The summed E-state index contributed by atoms with van der Waals surface area (Å²) in [6, 6.07) is 7.67. The van der Waals surface area contributed by atoms with Gasteiger partial charge in [0.2, 0.25) is 5.91 Å². The molecule has 0 radical (unpaired) electrons. The highest BCUT2D eigenvalue weighted by Crippen LogP contribution is 2.38. The molecule has 1 saturated carbocycles. The van der Waals surface area contributed by atoms with Gasteiger partial charge in [-0.1, -0.05) is 12.1 Å². The zero-order valence-corrected chi connectivity index (χ0v) is 7.23. The van der Waals surface area contributed by atoms with Crippen molar-refractivity contribution >= 4 is 5.91 Å². The maximum Gasteiger partial charge on any atom is 0.248 e. The maximum absolute atomic E-state index is 10.8. The number of nitrogens with two attached hydrogens (primary N) is 2. The molecule has 0 heterocycles. The fourth-order valence-corrected chi connectivity index (χ4v) is 1.49. The fourth-order valence-electron chi connectivity index (χ4n) is 1.49. The average Bonchev–Trinajstić information content (AvgIpc) is 2.83. The van der Waals surface area contributed by atoms with Gasteiger partial charge in [-0.05, 0) is 24.1 Å². The minimum atomic E-state index is -0.383. The normalized spacial score (nSPS) is 25.6. The second kappa shape index (κ2) is 2.85. The van der Waals surface area contributed by atoms with Crippen LogP contribution < -0.4 is 11.5 Å². The third-order valence-corrected chi connectivity index (χ3v) is 2.46. The molecule has 3 nitrogen and oxygen atoms in total. The van der Waals surface area contributed by atoms with Gasteiger partial charge in [0, 0.05) is 17.5 Å². The Morgan fingerprint density at radius 2 is 1.85 bits per heavy atom. The standard InChI is InChI=1S/C10H12N2O/c11-9-5-8(9)6-1-3-7(4-2-6)10(12)13/h1-4,8-9H,5,11H2,(H2,12,13). The molecule has 0 aromatic heterocycles. The third-order valence-electron chi connectivity index (χ3n) is 2.46. The van der Waals surface area contributed by atoms with Gasteiger partial charge in [0.05, 0.1) is 0 Å². The highest BCUT2D eigenvalue weighted by Gasteiger charge is 2.34. The minimum absolute atomic E-state index is 0.305. The van der Waals surface area contributed by atoms with Crippen LogP contribution in [0.5, 0.6) is 0 Å². The lowest BCUT2D eigenvalue weighted by molar-refractivity contribution is 0.100. The number of hydrogen-bond acceptors (Lipinski definition) is 2. The summed E-state index contributed by atoms with van der Waals surface area (Å²) >= 11 is 0. The lowest BCUT2D eigenvalue weighted by atomic mass is 10.1. The summed E-state index contributed by atoms with van der Waals surface area (Å²) in [5.74, 6) is 0.105. The van der Waals surface area contributed by atoms with Gasteiger partial charge in [-0.2, -0.15) is 0 Å². The van der Waals surface area contributed by atoms with Crippen LogP contribution in [-0.4, -0.2) is 11.9 Å². The van der Waals surface area contributed by atoms with Crippen molar-refractivity contribution in [1.82, 2.24) is 0 Å². The number of carbonyl (C=O) groups is 1. The Balaban J connectivity index is 2.19. The number of rotatable bonds is 2. The monoisotopic (exact) mass is 176 g/mol. The van der Waals surface area contributed by atoms with Crippen molar-refractivity contribution in [1.29, 1.82) is 0 Å². The molecule has 3 heteroatoms. The Morgan fingerprint density at radius 1 is 1.31 bits per heavy atom. The zero-order chi connectivity index (χ0) is 9.42. The summed E-state index contributed by atoms with van der Waals surface area (Å²) in [6.07, 6.45) is 1.05. The second-order valence-electron chi connectivity index (χ2n) is 3.49. The van der Waals surface area contributed by atoms with E-state index in [-0.39, 0.29) is 5.91 Å². The third kappa shape index (κ3) is 1.55. The van der Waals surface area contributed by atoms with Crippen LogP contribution in [-0.2, 0) is 0 Å². The Labute approximate surface area is 76.7 Å². The van der Waals surface area contributed by atoms with E-state index in [0.29, 0.717) is 17.5 Å². The van der Waals surface area contributed by atoms with E-state index in [9.17, 15) is 4.79 Å². The van der Waals surface area contributed by atoms with Crippen LogP contribution in [0.4, 0.5) is 0 Å². The topological polar surface area (TPSA) is 69.1 Å². The molecule has 13 heavy (non-hydrogen) atoms. The highest BCUT2D eigenvalue weighted by molar-refractivity contribution is 5.92. The van der Waals surface area contributed by atoms with Gasteiger partial charge in [0.25, 0.3) is 0 Å². The summed E-state index contributed by atoms with van der Waals surface area (Å²) < 4.78 is 0. The van der Waals surface area contributed by atoms with E-state index in [0.717, 1.165) is 6.42 Å². The van der Waals surface area contributed by atoms with Crippen molar-refractivity contribution in [3.63, 3.8) is 0 Å². The van der Waals surface area contributed by atoms with Crippen LogP contribution in [0.1, 0.15) is 28.3 Å². The molecule has 2 atom stereocenters. The first-order valence-corrected chi connectivity index (χ1v) is 4.34. The van der Waals surface area contributed by atoms with Gasteiger partial charge in [-0.15, -0.1) is 0 Å². The molecule has 0 saturated heterocycles. The van der Waals surface area contributed by atoms with Gasteiger partial charge in [0.1, 0.15) is 0 Å². The molecular weight excluding hydrogens is 164 g/mol. The minimum Gasteiger partial charge on any atom is -0.366 e. The largest absolute Gasteiger partial charge is 0.366 e. The number of benzene rings is 1. The van der Waals surface area contributed by atoms with E-state index in [4.69, 9.17) is 11.5 Å². The van der Waals surface area contributed by atoms with E-state index in [1.165, 1.54) is 5.56 Å². The van der Waals surface area contributed by atoms with Crippen molar-refractivity contribution in [3.8, 4) is 0 Å². The molecule has 1 aliphatic carbocycles. The molecule has 0 spiro atoms. The molecule has 1 aromatic carbocycles. The van der Waals surface area contributed by atoms with Gasteiger partial charge < -0.3 is 11.5 Å². The Hall–Kier alpha value is -1.35. The summed E-state index contributed by atoms with van der Waals surface area (Å²) in [6.45, 7) is 0.